The average molecular weight is 293 g/mol. The topological polar surface area (TPSA) is 46.9 Å². The van der Waals surface area contributed by atoms with Crippen molar-refractivity contribution in [3.8, 4) is 0 Å². The Kier molecular flexibility index (Phi) is 4.35. The molecule has 1 heterocycles. The van der Waals surface area contributed by atoms with Crippen molar-refractivity contribution in [2.45, 2.75) is 26.7 Å². The van der Waals surface area contributed by atoms with Gasteiger partial charge in [-0.15, -0.1) is 0 Å². The molecule has 0 bridgehead atoms. The van der Waals surface area contributed by atoms with Gasteiger partial charge in [-0.2, -0.15) is 5.10 Å². The molecule has 0 unspecified atom stereocenters. The number of carbonyl (C=O) groups is 1. The van der Waals surface area contributed by atoms with E-state index in [4.69, 9.17) is 0 Å². The summed E-state index contributed by atoms with van der Waals surface area (Å²) < 4.78 is 28.6. The summed E-state index contributed by atoms with van der Waals surface area (Å²) in [7, 11) is 1.83. The van der Waals surface area contributed by atoms with E-state index >= 15 is 0 Å². The van der Waals surface area contributed by atoms with Gasteiger partial charge in [0.15, 0.2) is 0 Å². The fourth-order valence-corrected chi connectivity index (χ4v) is 2.24. The van der Waals surface area contributed by atoms with Gasteiger partial charge in [0.1, 0.15) is 17.3 Å². The lowest BCUT2D eigenvalue weighted by atomic mass is 10.1. The van der Waals surface area contributed by atoms with E-state index in [-0.39, 0.29) is 6.42 Å². The van der Waals surface area contributed by atoms with Crippen molar-refractivity contribution in [1.82, 2.24) is 9.78 Å². The van der Waals surface area contributed by atoms with Gasteiger partial charge in [-0.1, -0.05) is 6.07 Å². The minimum absolute atomic E-state index is 0.140. The maximum Gasteiger partial charge on any atom is 0.224 e. The maximum absolute atomic E-state index is 13.4. The van der Waals surface area contributed by atoms with Crippen LogP contribution in [-0.2, 0) is 18.3 Å². The van der Waals surface area contributed by atoms with Crippen molar-refractivity contribution in [3.05, 3.63) is 46.8 Å². The van der Waals surface area contributed by atoms with E-state index in [0.717, 1.165) is 29.1 Å². The molecule has 112 valence electrons. The van der Waals surface area contributed by atoms with Crippen molar-refractivity contribution in [2.75, 3.05) is 5.32 Å². The molecule has 0 saturated carbocycles. The predicted octanol–water partition coefficient (Wildman–Crippen LogP) is 2.89. The van der Waals surface area contributed by atoms with Crippen LogP contribution >= 0.6 is 0 Å². The van der Waals surface area contributed by atoms with E-state index in [9.17, 15) is 13.6 Å². The molecule has 0 atom stereocenters. The standard InChI is InChI=1S/C15H17F2N3O/c1-9-11(10(2)20(3)19-9)7-8-14(21)18-15-12(16)5-4-6-13(15)17/h4-6H,7-8H2,1-3H3,(H,18,21). The predicted molar refractivity (Wildman–Crippen MR) is 76.0 cm³/mol. The second-order valence-corrected chi connectivity index (χ2v) is 4.92. The number of benzene rings is 1. The van der Waals surface area contributed by atoms with Gasteiger partial charge in [0.05, 0.1) is 5.69 Å². The van der Waals surface area contributed by atoms with E-state index in [0.29, 0.717) is 6.42 Å². The Morgan fingerprint density at radius 2 is 1.90 bits per heavy atom. The summed E-state index contributed by atoms with van der Waals surface area (Å²) in [6.45, 7) is 3.79. The number of anilines is 1. The second kappa shape index (κ2) is 6.03. The number of nitrogens with one attached hydrogen (secondary N) is 1. The largest absolute Gasteiger partial charge is 0.321 e. The van der Waals surface area contributed by atoms with E-state index in [1.807, 2.05) is 20.9 Å². The summed E-state index contributed by atoms with van der Waals surface area (Å²) in [6, 6.07) is 3.46. The molecule has 0 aliphatic heterocycles. The van der Waals surface area contributed by atoms with Gasteiger partial charge in [0.2, 0.25) is 5.91 Å². The number of hydrogen-bond donors (Lipinski definition) is 1. The maximum atomic E-state index is 13.4. The van der Waals surface area contributed by atoms with Gasteiger partial charge in [-0.25, -0.2) is 8.78 Å². The molecule has 4 nitrogen and oxygen atoms in total. The molecule has 0 aliphatic carbocycles. The normalized spacial score (nSPS) is 10.7. The second-order valence-electron chi connectivity index (χ2n) is 4.92. The Bertz CT molecular complexity index is 660. The molecule has 6 heteroatoms. The minimum Gasteiger partial charge on any atom is -0.321 e. The molecular weight excluding hydrogens is 276 g/mol. The number of carbonyl (C=O) groups excluding carboxylic acids is 1. The smallest absolute Gasteiger partial charge is 0.224 e. The Balaban J connectivity index is 2.03. The molecule has 1 N–H and O–H groups in total. The highest BCUT2D eigenvalue weighted by Crippen LogP contribution is 2.19. The molecule has 0 spiro atoms. The zero-order valence-corrected chi connectivity index (χ0v) is 12.2. The van der Waals surface area contributed by atoms with E-state index in [2.05, 4.69) is 10.4 Å². The molecule has 2 aromatic rings. The molecular formula is C15H17F2N3O. The highest BCUT2D eigenvalue weighted by molar-refractivity contribution is 5.91. The number of amides is 1. The summed E-state index contributed by atoms with van der Waals surface area (Å²) in [5, 5.41) is 6.54. The van der Waals surface area contributed by atoms with Crippen molar-refractivity contribution in [1.29, 1.82) is 0 Å². The number of aryl methyl sites for hydroxylation is 2. The third-order valence-corrected chi connectivity index (χ3v) is 3.49. The quantitative estimate of drug-likeness (QED) is 0.942. The summed E-state index contributed by atoms with van der Waals surface area (Å²) >= 11 is 0. The van der Waals surface area contributed by atoms with Gasteiger partial charge in [-0.05, 0) is 38.0 Å². The van der Waals surface area contributed by atoms with Crippen molar-refractivity contribution in [2.24, 2.45) is 7.05 Å². The van der Waals surface area contributed by atoms with Gasteiger partial charge in [0.25, 0.3) is 0 Å². The van der Waals surface area contributed by atoms with Crippen LogP contribution in [0.5, 0.6) is 0 Å². The van der Waals surface area contributed by atoms with Crippen LogP contribution in [0.1, 0.15) is 23.4 Å². The number of rotatable bonds is 4. The fourth-order valence-electron chi connectivity index (χ4n) is 2.24. The summed E-state index contributed by atoms with van der Waals surface area (Å²) in [5.74, 6) is -1.99. The number of hydrogen-bond acceptors (Lipinski definition) is 2. The van der Waals surface area contributed by atoms with Crippen LogP contribution in [0.3, 0.4) is 0 Å². The highest BCUT2D eigenvalue weighted by atomic mass is 19.1. The Labute approximate surface area is 121 Å². The first-order valence-corrected chi connectivity index (χ1v) is 6.63. The van der Waals surface area contributed by atoms with Crippen LogP contribution in [0, 0.1) is 25.5 Å². The monoisotopic (exact) mass is 293 g/mol. The molecule has 0 aliphatic rings. The number of nitrogens with zero attached hydrogens (tertiary/aromatic N) is 2. The Hall–Kier alpha value is -2.24. The molecule has 1 aromatic heterocycles. The summed E-state index contributed by atoms with van der Waals surface area (Å²) in [4.78, 5) is 11.8. The lowest BCUT2D eigenvalue weighted by Gasteiger charge is -2.07. The van der Waals surface area contributed by atoms with Crippen molar-refractivity contribution < 1.29 is 13.6 Å². The molecule has 1 amide bonds. The van der Waals surface area contributed by atoms with Gasteiger partial charge >= 0.3 is 0 Å². The first-order valence-electron chi connectivity index (χ1n) is 6.63. The zero-order valence-electron chi connectivity index (χ0n) is 12.2. The number of aromatic nitrogens is 2. The van der Waals surface area contributed by atoms with Crippen LogP contribution in [0.25, 0.3) is 0 Å². The van der Waals surface area contributed by atoms with Crippen LogP contribution in [0.2, 0.25) is 0 Å². The van der Waals surface area contributed by atoms with Crippen LogP contribution in [0.4, 0.5) is 14.5 Å². The number of halogens is 2. The molecule has 21 heavy (non-hydrogen) atoms. The third kappa shape index (κ3) is 3.26. The van der Waals surface area contributed by atoms with Gasteiger partial charge < -0.3 is 5.32 Å². The SMILES string of the molecule is Cc1nn(C)c(C)c1CCC(=O)Nc1c(F)cccc1F. The molecule has 0 saturated heterocycles. The van der Waals surface area contributed by atoms with Gasteiger partial charge in [-0.3, -0.25) is 9.48 Å². The van der Waals surface area contributed by atoms with E-state index in [1.54, 1.807) is 4.68 Å². The Morgan fingerprint density at radius 1 is 1.29 bits per heavy atom. The van der Waals surface area contributed by atoms with Crippen molar-refractivity contribution in [3.63, 3.8) is 0 Å². The summed E-state index contributed by atoms with van der Waals surface area (Å²) in [5.41, 5.74) is 2.43. The lowest BCUT2D eigenvalue weighted by molar-refractivity contribution is -0.116. The number of para-hydroxylation sites is 1. The minimum atomic E-state index is -0.780. The van der Waals surface area contributed by atoms with E-state index in [1.165, 1.54) is 6.07 Å². The summed E-state index contributed by atoms with van der Waals surface area (Å²) in [6.07, 6.45) is 0.620. The lowest BCUT2D eigenvalue weighted by Crippen LogP contribution is -2.15. The highest BCUT2D eigenvalue weighted by Gasteiger charge is 2.14. The molecule has 0 radical (unpaired) electrons. The van der Waals surface area contributed by atoms with E-state index < -0.39 is 23.2 Å². The van der Waals surface area contributed by atoms with Crippen LogP contribution < -0.4 is 5.32 Å². The van der Waals surface area contributed by atoms with Crippen LogP contribution in [0.15, 0.2) is 18.2 Å². The molecule has 0 fully saturated rings. The van der Waals surface area contributed by atoms with Crippen molar-refractivity contribution >= 4 is 11.6 Å². The average Bonchev–Trinajstić information content (AvgIpc) is 2.66. The molecule has 1 aromatic carbocycles. The van der Waals surface area contributed by atoms with Crippen LogP contribution in [-0.4, -0.2) is 15.7 Å². The molecule has 2 rings (SSSR count). The first-order chi connectivity index (χ1) is 9.90. The zero-order chi connectivity index (χ0) is 15.6. The Morgan fingerprint density at radius 3 is 2.43 bits per heavy atom. The van der Waals surface area contributed by atoms with Gasteiger partial charge in [0, 0.05) is 19.2 Å². The third-order valence-electron chi connectivity index (χ3n) is 3.49. The fraction of sp³-hybridized carbons (Fsp3) is 0.333. The first kappa shape index (κ1) is 15.2.